The summed E-state index contributed by atoms with van der Waals surface area (Å²) in [5, 5.41) is 20.0. The minimum absolute atomic E-state index is 0.0195. The Morgan fingerprint density at radius 2 is 1.33 bits per heavy atom. The molecule has 2 fully saturated rings. The van der Waals surface area contributed by atoms with Gasteiger partial charge in [0.15, 0.2) is 0 Å². The van der Waals surface area contributed by atoms with Gasteiger partial charge in [-0.25, -0.2) is 0 Å². The molecule has 0 amide bonds. The maximum atomic E-state index is 10.0. The summed E-state index contributed by atoms with van der Waals surface area (Å²) in [6.07, 6.45) is 3.32. The molecule has 0 aromatic heterocycles. The van der Waals surface area contributed by atoms with Gasteiger partial charge in [0, 0.05) is 11.8 Å². The van der Waals surface area contributed by atoms with Crippen molar-refractivity contribution >= 4 is 0 Å². The first-order valence-corrected chi connectivity index (χ1v) is 6.50. The van der Waals surface area contributed by atoms with Crippen molar-refractivity contribution in [3.05, 3.63) is 25.3 Å². The van der Waals surface area contributed by atoms with E-state index < -0.39 is 12.2 Å². The number of hydrogen-bond acceptors (Lipinski definition) is 4. The molecule has 2 rings (SSSR count). The zero-order valence-corrected chi connectivity index (χ0v) is 10.6. The van der Waals surface area contributed by atoms with Crippen LogP contribution in [0.15, 0.2) is 25.3 Å². The molecule has 0 saturated carbocycles. The normalized spacial score (nSPS) is 38.1. The van der Waals surface area contributed by atoms with Gasteiger partial charge in [-0.1, -0.05) is 12.2 Å². The van der Waals surface area contributed by atoms with E-state index in [1.165, 1.54) is 0 Å². The van der Waals surface area contributed by atoms with Crippen molar-refractivity contribution in [1.29, 1.82) is 0 Å². The molecule has 0 spiro atoms. The summed E-state index contributed by atoms with van der Waals surface area (Å²) in [6.45, 7) is 8.24. The fraction of sp³-hybridized carbons (Fsp3) is 0.714. The fourth-order valence-corrected chi connectivity index (χ4v) is 2.91. The molecule has 0 aromatic carbocycles. The number of aliphatic hydroxyl groups is 2. The van der Waals surface area contributed by atoms with Gasteiger partial charge in [0.2, 0.25) is 0 Å². The molecule has 4 heteroatoms. The topological polar surface area (TPSA) is 58.9 Å². The third-order valence-electron chi connectivity index (χ3n) is 3.93. The summed E-state index contributed by atoms with van der Waals surface area (Å²) in [5.74, 6) is -0.0390. The number of fused-ring (bicyclic) bond motifs is 1. The maximum Gasteiger partial charge on any atom is 0.0916 e. The Morgan fingerprint density at radius 3 is 1.67 bits per heavy atom. The largest absolute Gasteiger partial charge is 0.392 e. The van der Waals surface area contributed by atoms with Gasteiger partial charge in [0.1, 0.15) is 0 Å². The van der Waals surface area contributed by atoms with Crippen LogP contribution in [0.1, 0.15) is 12.8 Å². The molecule has 0 bridgehead atoms. The van der Waals surface area contributed by atoms with Gasteiger partial charge in [-0.05, 0) is 12.8 Å². The van der Waals surface area contributed by atoms with Crippen molar-refractivity contribution < 1.29 is 19.7 Å². The van der Waals surface area contributed by atoms with Crippen LogP contribution in [-0.4, -0.2) is 47.8 Å². The first-order chi connectivity index (χ1) is 8.69. The van der Waals surface area contributed by atoms with Crippen molar-refractivity contribution in [3.8, 4) is 0 Å². The van der Waals surface area contributed by atoms with Gasteiger partial charge in [-0.2, -0.15) is 0 Å². The van der Waals surface area contributed by atoms with Crippen LogP contribution in [0.4, 0.5) is 0 Å². The molecule has 0 aliphatic carbocycles. The van der Waals surface area contributed by atoms with E-state index in [0.29, 0.717) is 26.1 Å². The first kappa shape index (κ1) is 13.7. The van der Waals surface area contributed by atoms with Gasteiger partial charge in [0.25, 0.3) is 0 Å². The molecular formula is C14H22O4. The molecule has 2 aliphatic heterocycles. The van der Waals surface area contributed by atoms with Gasteiger partial charge in [0.05, 0.1) is 37.6 Å². The summed E-state index contributed by atoms with van der Waals surface area (Å²) in [5.41, 5.74) is 0. The molecule has 0 aromatic rings. The lowest BCUT2D eigenvalue weighted by Gasteiger charge is -2.21. The van der Waals surface area contributed by atoms with Crippen LogP contribution in [0.2, 0.25) is 0 Å². The molecule has 4 nitrogen and oxygen atoms in total. The minimum Gasteiger partial charge on any atom is -0.392 e. The summed E-state index contributed by atoms with van der Waals surface area (Å²) in [7, 11) is 0. The third kappa shape index (κ3) is 2.52. The molecule has 4 unspecified atom stereocenters. The summed E-state index contributed by atoms with van der Waals surface area (Å²) >= 11 is 0. The molecule has 0 radical (unpaired) electrons. The van der Waals surface area contributed by atoms with E-state index >= 15 is 0 Å². The second kappa shape index (κ2) is 5.97. The summed E-state index contributed by atoms with van der Waals surface area (Å²) in [4.78, 5) is 0. The Hall–Kier alpha value is -0.680. The zero-order valence-electron chi connectivity index (χ0n) is 10.6. The van der Waals surface area contributed by atoms with Crippen LogP contribution in [0.3, 0.4) is 0 Å². The average Bonchev–Trinajstić information content (AvgIpc) is 2.89. The van der Waals surface area contributed by atoms with Crippen molar-refractivity contribution in [2.24, 2.45) is 11.8 Å². The second-order valence-corrected chi connectivity index (χ2v) is 5.11. The number of rotatable bonds is 6. The van der Waals surface area contributed by atoms with Gasteiger partial charge in [-0.15, -0.1) is 13.2 Å². The van der Waals surface area contributed by atoms with E-state index in [2.05, 4.69) is 13.2 Å². The van der Waals surface area contributed by atoms with Crippen molar-refractivity contribution in [2.45, 2.75) is 37.3 Å². The zero-order chi connectivity index (χ0) is 13.1. The number of ether oxygens (including phenoxy) is 2. The van der Waals surface area contributed by atoms with E-state index in [1.807, 2.05) is 0 Å². The molecule has 2 N–H and O–H groups in total. The predicted octanol–water partition coefficient (Wildman–Crippen LogP) is 0.890. The van der Waals surface area contributed by atoms with Crippen LogP contribution in [-0.2, 0) is 9.47 Å². The predicted molar refractivity (Wildman–Crippen MR) is 68.1 cm³/mol. The highest BCUT2D eigenvalue weighted by Crippen LogP contribution is 2.38. The third-order valence-corrected chi connectivity index (χ3v) is 3.93. The van der Waals surface area contributed by atoms with Crippen LogP contribution in [0.5, 0.6) is 0 Å². The molecule has 2 heterocycles. The molecule has 2 saturated heterocycles. The second-order valence-electron chi connectivity index (χ2n) is 5.11. The number of hydrogen-bond donors (Lipinski definition) is 2. The van der Waals surface area contributed by atoms with Crippen molar-refractivity contribution in [3.63, 3.8) is 0 Å². The molecular weight excluding hydrogens is 232 g/mol. The van der Waals surface area contributed by atoms with Crippen LogP contribution in [0.25, 0.3) is 0 Å². The Labute approximate surface area is 108 Å². The van der Waals surface area contributed by atoms with Gasteiger partial charge < -0.3 is 19.7 Å². The summed E-state index contributed by atoms with van der Waals surface area (Å²) < 4.78 is 11.4. The lowest BCUT2D eigenvalue weighted by Crippen LogP contribution is -2.35. The van der Waals surface area contributed by atoms with Crippen molar-refractivity contribution in [2.75, 3.05) is 13.2 Å². The van der Waals surface area contributed by atoms with E-state index in [-0.39, 0.29) is 24.0 Å². The van der Waals surface area contributed by atoms with Gasteiger partial charge in [-0.3, -0.25) is 0 Å². The monoisotopic (exact) mass is 254 g/mol. The number of aliphatic hydroxyl groups excluding tert-OH is 2. The van der Waals surface area contributed by atoms with Crippen molar-refractivity contribution in [1.82, 2.24) is 0 Å². The lowest BCUT2D eigenvalue weighted by molar-refractivity contribution is -0.00113. The molecule has 2 aliphatic rings. The fourth-order valence-electron chi connectivity index (χ4n) is 2.91. The highest BCUT2D eigenvalue weighted by molar-refractivity contribution is 4.99. The van der Waals surface area contributed by atoms with E-state index in [1.54, 1.807) is 12.2 Å². The van der Waals surface area contributed by atoms with Gasteiger partial charge >= 0.3 is 0 Å². The SMILES string of the molecule is C=CCC(O)C1CO[C@@H]2C(C(O)CC=C)CO[C@H]12. The highest BCUT2D eigenvalue weighted by atomic mass is 16.6. The average molecular weight is 254 g/mol. The van der Waals surface area contributed by atoms with Crippen LogP contribution >= 0.6 is 0 Å². The minimum atomic E-state index is -0.479. The standard InChI is InChI=1S/C14H22O4/c1-3-5-11(15)9-7-17-14-10(8-18-13(9)14)12(16)6-4-2/h3-4,9-16H,1-2,5-8H2/t9?,10?,11?,12?,13-,14-/m1/s1. The Kier molecular flexibility index (Phi) is 4.56. The maximum absolute atomic E-state index is 10.0. The summed E-state index contributed by atoms with van der Waals surface area (Å²) in [6, 6.07) is 0. The molecule has 18 heavy (non-hydrogen) atoms. The smallest absolute Gasteiger partial charge is 0.0916 e. The lowest BCUT2D eigenvalue weighted by atomic mass is 9.88. The van der Waals surface area contributed by atoms with E-state index in [9.17, 15) is 10.2 Å². The molecule has 102 valence electrons. The highest BCUT2D eigenvalue weighted by Gasteiger charge is 2.51. The first-order valence-electron chi connectivity index (χ1n) is 6.50. The van der Waals surface area contributed by atoms with E-state index in [0.717, 1.165) is 0 Å². The van der Waals surface area contributed by atoms with Crippen LogP contribution < -0.4 is 0 Å². The van der Waals surface area contributed by atoms with E-state index in [4.69, 9.17) is 9.47 Å². The quantitative estimate of drug-likeness (QED) is 0.691. The Morgan fingerprint density at radius 1 is 0.944 bits per heavy atom. The van der Waals surface area contributed by atoms with Crippen LogP contribution in [0, 0.1) is 11.8 Å². The molecule has 6 atom stereocenters. The Bertz CT molecular complexity index is 274. The Balaban J connectivity index is 1.98.